The third kappa shape index (κ3) is 2.74. The van der Waals surface area contributed by atoms with Crippen molar-refractivity contribution in [2.24, 2.45) is 10.2 Å². The SMILES string of the molecule is CC1S/C(=N\N=C\c2ccc([N+](=O)[O-])o2)NC1=O. The van der Waals surface area contributed by atoms with E-state index in [0.29, 0.717) is 5.17 Å². The smallest absolute Gasteiger partial charge is 0.400 e. The fourth-order valence-corrected chi connectivity index (χ4v) is 1.91. The highest BCUT2D eigenvalue weighted by Crippen LogP contribution is 2.18. The van der Waals surface area contributed by atoms with Gasteiger partial charge in [-0.3, -0.25) is 14.9 Å². The molecule has 9 heteroatoms. The van der Waals surface area contributed by atoms with Crippen LogP contribution in [-0.4, -0.2) is 27.5 Å². The van der Waals surface area contributed by atoms with Gasteiger partial charge in [0.1, 0.15) is 4.92 Å². The van der Waals surface area contributed by atoms with Crippen LogP contribution in [0.15, 0.2) is 26.8 Å². The molecule has 0 spiro atoms. The highest BCUT2D eigenvalue weighted by atomic mass is 32.2. The number of nitrogens with one attached hydrogen (secondary N) is 1. The lowest BCUT2D eigenvalue weighted by Gasteiger charge is -1.88. The van der Waals surface area contributed by atoms with Crippen LogP contribution in [0.5, 0.6) is 0 Å². The topological polar surface area (TPSA) is 110 Å². The van der Waals surface area contributed by atoms with Crippen molar-refractivity contribution in [2.75, 3.05) is 0 Å². The summed E-state index contributed by atoms with van der Waals surface area (Å²) in [6.07, 6.45) is 1.23. The summed E-state index contributed by atoms with van der Waals surface area (Å²) in [5.74, 6) is -0.266. The minimum atomic E-state index is -0.641. The van der Waals surface area contributed by atoms with Gasteiger partial charge in [-0.15, -0.1) is 5.10 Å². The first-order valence-corrected chi connectivity index (χ1v) is 5.77. The van der Waals surface area contributed by atoms with Gasteiger partial charge in [-0.25, -0.2) is 0 Å². The van der Waals surface area contributed by atoms with Crippen LogP contribution >= 0.6 is 11.8 Å². The van der Waals surface area contributed by atoms with Crippen molar-refractivity contribution in [1.82, 2.24) is 5.32 Å². The van der Waals surface area contributed by atoms with Gasteiger partial charge in [0.15, 0.2) is 10.9 Å². The van der Waals surface area contributed by atoms with Crippen LogP contribution in [0.2, 0.25) is 0 Å². The summed E-state index contributed by atoms with van der Waals surface area (Å²) in [7, 11) is 0. The second-order valence-corrected chi connectivity index (χ2v) is 4.66. The molecule has 1 N–H and O–H groups in total. The Kier molecular flexibility index (Phi) is 3.42. The van der Waals surface area contributed by atoms with E-state index in [9.17, 15) is 14.9 Å². The number of rotatable bonds is 3. The first-order chi connectivity index (χ1) is 8.56. The number of carbonyl (C=O) groups excluding carboxylic acids is 1. The summed E-state index contributed by atoms with van der Waals surface area (Å²) in [6.45, 7) is 1.75. The van der Waals surface area contributed by atoms with E-state index in [-0.39, 0.29) is 22.8 Å². The molecule has 0 aromatic carbocycles. The first kappa shape index (κ1) is 12.3. The van der Waals surface area contributed by atoms with E-state index in [1.54, 1.807) is 6.92 Å². The molecule has 1 aromatic heterocycles. The number of amides is 1. The maximum atomic E-state index is 11.1. The van der Waals surface area contributed by atoms with Gasteiger partial charge in [0.25, 0.3) is 0 Å². The predicted octanol–water partition coefficient (Wildman–Crippen LogP) is 1.13. The van der Waals surface area contributed by atoms with Gasteiger partial charge >= 0.3 is 5.88 Å². The van der Waals surface area contributed by atoms with Crippen LogP contribution in [0, 0.1) is 10.1 Å². The van der Waals surface area contributed by atoms with E-state index >= 15 is 0 Å². The van der Waals surface area contributed by atoms with Crippen LogP contribution < -0.4 is 5.32 Å². The standard InChI is InChI=1S/C9H8N4O4S/c1-5-8(14)11-9(18-5)12-10-4-6-2-3-7(17-6)13(15)16/h2-5H,1H3,(H,11,12,14)/b10-4+. The lowest BCUT2D eigenvalue weighted by Crippen LogP contribution is -2.23. The number of hydrogen-bond donors (Lipinski definition) is 1. The Hall–Kier alpha value is -2.16. The molecule has 1 amide bonds. The van der Waals surface area contributed by atoms with Crippen molar-refractivity contribution >= 4 is 34.9 Å². The van der Waals surface area contributed by atoms with Crippen LogP contribution in [0.25, 0.3) is 0 Å². The fourth-order valence-electron chi connectivity index (χ4n) is 1.15. The van der Waals surface area contributed by atoms with Gasteiger partial charge in [0, 0.05) is 0 Å². The highest BCUT2D eigenvalue weighted by Gasteiger charge is 2.25. The van der Waals surface area contributed by atoms with Crippen LogP contribution in [-0.2, 0) is 4.79 Å². The van der Waals surface area contributed by atoms with Crippen molar-refractivity contribution in [1.29, 1.82) is 0 Å². The molecule has 8 nitrogen and oxygen atoms in total. The Labute approximate surface area is 105 Å². The number of nitrogens with zero attached hydrogens (tertiary/aromatic N) is 3. The minimum absolute atomic E-state index is 0.123. The van der Waals surface area contributed by atoms with Crippen molar-refractivity contribution in [2.45, 2.75) is 12.2 Å². The van der Waals surface area contributed by atoms with Crippen molar-refractivity contribution in [3.05, 3.63) is 28.0 Å². The van der Waals surface area contributed by atoms with Crippen LogP contribution in [0.4, 0.5) is 5.88 Å². The average Bonchev–Trinajstić information content (AvgIpc) is 2.88. The van der Waals surface area contributed by atoms with Gasteiger partial charge in [-0.05, 0) is 13.0 Å². The maximum absolute atomic E-state index is 11.1. The largest absolute Gasteiger partial charge is 0.433 e. The molecule has 1 saturated heterocycles. The van der Waals surface area contributed by atoms with Crippen molar-refractivity contribution in [3.8, 4) is 0 Å². The summed E-state index contributed by atoms with van der Waals surface area (Å²) in [5.41, 5.74) is 0. The maximum Gasteiger partial charge on any atom is 0.433 e. The third-order valence-corrected chi connectivity index (χ3v) is 2.99. The van der Waals surface area contributed by atoms with E-state index in [0.717, 1.165) is 0 Å². The van der Waals surface area contributed by atoms with E-state index in [2.05, 4.69) is 15.5 Å². The number of nitro groups is 1. The zero-order chi connectivity index (χ0) is 13.1. The summed E-state index contributed by atoms with van der Waals surface area (Å²) in [4.78, 5) is 20.9. The molecule has 0 bridgehead atoms. The van der Waals surface area contributed by atoms with E-state index in [4.69, 9.17) is 4.42 Å². The van der Waals surface area contributed by atoms with Crippen LogP contribution in [0.3, 0.4) is 0 Å². The average molecular weight is 268 g/mol. The number of amidine groups is 1. The normalized spacial score (nSPS) is 21.7. The molecule has 0 radical (unpaired) electrons. The molecule has 1 aromatic rings. The van der Waals surface area contributed by atoms with Crippen molar-refractivity contribution in [3.63, 3.8) is 0 Å². The summed E-state index contributed by atoms with van der Waals surface area (Å²) in [6, 6.07) is 2.63. The number of hydrogen-bond acceptors (Lipinski definition) is 7. The Morgan fingerprint density at radius 3 is 2.94 bits per heavy atom. The van der Waals surface area contributed by atoms with Gasteiger partial charge in [0.2, 0.25) is 5.91 Å². The molecule has 1 fully saturated rings. The molecule has 18 heavy (non-hydrogen) atoms. The molecule has 1 unspecified atom stereocenters. The molecule has 1 aliphatic heterocycles. The summed E-state index contributed by atoms with van der Waals surface area (Å²) >= 11 is 1.26. The molecule has 2 heterocycles. The monoisotopic (exact) mass is 268 g/mol. The molecule has 2 rings (SSSR count). The zero-order valence-corrected chi connectivity index (χ0v) is 10.0. The Morgan fingerprint density at radius 2 is 2.39 bits per heavy atom. The lowest BCUT2D eigenvalue weighted by atomic mass is 10.4. The predicted molar refractivity (Wildman–Crippen MR) is 65.6 cm³/mol. The van der Waals surface area contributed by atoms with Gasteiger partial charge in [0.05, 0.1) is 17.5 Å². The minimum Gasteiger partial charge on any atom is -0.400 e. The van der Waals surface area contributed by atoms with Gasteiger partial charge < -0.3 is 9.73 Å². The first-order valence-electron chi connectivity index (χ1n) is 4.89. The molecule has 94 valence electrons. The van der Waals surface area contributed by atoms with Gasteiger partial charge in [-0.1, -0.05) is 11.8 Å². The molecule has 0 aliphatic carbocycles. The quantitative estimate of drug-likeness (QED) is 0.502. The molecule has 1 atom stereocenters. The molecule has 1 aliphatic rings. The Balaban J connectivity index is 2.01. The number of furan rings is 1. The summed E-state index contributed by atoms with van der Waals surface area (Å²) in [5, 5.41) is 20.5. The summed E-state index contributed by atoms with van der Waals surface area (Å²) < 4.78 is 4.84. The Morgan fingerprint density at radius 1 is 1.61 bits per heavy atom. The highest BCUT2D eigenvalue weighted by molar-refractivity contribution is 8.15. The van der Waals surface area contributed by atoms with Gasteiger partial charge in [-0.2, -0.15) is 5.10 Å². The molecular weight excluding hydrogens is 260 g/mol. The second-order valence-electron chi connectivity index (χ2n) is 3.33. The van der Waals surface area contributed by atoms with Crippen LogP contribution in [0.1, 0.15) is 12.7 Å². The Bertz CT molecular complexity index is 551. The second kappa shape index (κ2) is 5.00. The van der Waals surface area contributed by atoms with E-state index in [1.807, 2.05) is 0 Å². The third-order valence-electron chi connectivity index (χ3n) is 2.01. The lowest BCUT2D eigenvalue weighted by molar-refractivity contribution is -0.402. The van der Waals surface area contributed by atoms with Crippen molar-refractivity contribution < 1.29 is 14.1 Å². The van der Waals surface area contributed by atoms with E-state index < -0.39 is 4.92 Å². The number of thioether (sulfide) groups is 1. The molecule has 0 saturated carbocycles. The molecular formula is C9H8N4O4S. The van der Waals surface area contributed by atoms with E-state index in [1.165, 1.54) is 30.1 Å². The zero-order valence-electron chi connectivity index (χ0n) is 9.19. The number of carbonyl (C=O) groups is 1. The fraction of sp³-hybridized carbons (Fsp3) is 0.222.